The maximum Gasteiger partial charge on any atom is 0.344 e. The summed E-state index contributed by atoms with van der Waals surface area (Å²) in [5.41, 5.74) is -1.99. The summed E-state index contributed by atoms with van der Waals surface area (Å²) in [7, 11) is 2.52. The van der Waals surface area contributed by atoms with Crippen LogP contribution in [0.4, 0.5) is 0 Å². The molecule has 3 N–H and O–H groups in total. The molecular formula is C20H24O9. The number of aliphatic hydroxyl groups is 2. The van der Waals surface area contributed by atoms with E-state index in [0.717, 1.165) is 13.2 Å². The van der Waals surface area contributed by atoms with E-state index in [4.69, 9.17) is 14.2 Å². The molecule has 5 atom stereocenters. The molecule has 0 bridgehead atoms. The second kappa shape index (κ2) is 8.02. The first-order chi connectivity index (χ1) is 13.7. The van der Waals surface area contributed by atoms with Crippen LogP contribution in [0.15, 0.2) is 24.3 Å². The average Bonchev–Trinajstić information content (AvgIpc) is 3.44. The monoisotopic (exact) mass is 408 g/mol. The van der Waals surface area contributed by atoms with Gasteiger partial charge in [0.25, 0.3) is 0 Å². The van der Waals surface area contributed by atoms with E-state index in [9.17, 15) is 24.9 Å². The minimum Gasteiger partial charge on any atom is -0.507 e. The molecule has 0 unspecified atom stereocenters. The SMILES string of the molecule is COC(=O)[C@@]1(O)/C=C/C[C@H](C)OC(=O)c2c(O)cc(OC)cc2[C@H]2O[C@@H]2C[C@@H]1O. The summed E-state index contributed by atoms with van der Waals surface area (Å²) in [6.45, 7) is 1.62. The molecule has 1 aromatic rings. The molecule has 2 aliphatic heterocycles. The molecule has 0 aliphatic carbocycles. The van der Waals surface area contributed by atoms with Crippen molar-refractivity contribution in [1.29, 1.82) is 0 Å². The Morgan fingerprint density at radius 1 is 1.31 bits per heavy atom. The number of phenols is 1. The minimum absolute atomic E-state index is 0.0499. The number of phenolic OH excluding ortho intramolecular Hbond substituents is 1. The van der Waals surface area contributed by atoms with Crippen LogP contribution in [0.25, 0.3) is 0 Å². The van der Waals surface area contributed by atoms with Crippen molar-refractivity contribution in [3.63, 3.8) is 0 Å². The number of carbonyl (C=O) groups excluding carboxylic acids is 2. The molecule has 1 saturated heterocycles. The number of fused-ring (bicyclic) bond motifs is 3. The molecular weight excluding hydrogens is 384 g/mol. The van der Waals surface area contributed by atoms with Crippen LogP contribution in [-0.2, 0) is 19.0 Å². The highest BCUT2D eigenvalue weighted by molar-refractivity contribution is 5.95. The Labute approximate surface area is 167 Å². The summed E-state index contributed by atoms with van der Waals surface area (Å²) in [4.78, 5) is 24.8. The zero-order chi connectivity index (χ0) is 21.3. The molecule has 9 heteroatoms. The quantitative estimate of drug-likeness (QED) is 0.372. The first-order valence-electron chi connectivity index (χ1n) is 9.15. The molecule has 0 aromatic heterocycles. The van der Waals surface area contributed by atoms with E-state index in [0.29, 0.717) is 11.3 Å². The van der Waals surface area contributed by atoms with E-state index in [1.165, 1.54) is 19.3 Å². The molecule has 0 spiro atoms. The fourth-order valence-corrected chi connectivity index (χ4v) is 3.39. The van der Waals surface area contributed by atoms with Gasteiger partial charge < -0.3 is 34.3 Å². The van der Waals surface area contributed by atoms with Crippen LogP contribution in [0.1, 0.15) is 41.8 Å². The maximum atomic E-state index is 12.7. The van der Waals surface area contributed by atoms with Gasteiger partial charge in [-0.25, -0.2) is 9.59 Å². The van der Waals surface area contributed by atoms with Crippen LogP contribution >= 0.6 is 0 Å². The fraction of sp³-hybridized carbons (Fsp3) is 0.500. The third-order valence-corrected chi connectivity index (χ3v) is 5.07. The van der Waals surface area contributed by atoms with E-state index < -0.39 is 42.0 Å². The number of rotatable bonds is 2. The summed E-state index contributed by atoms with van der Waals surface area (Å²) in [6.07, 6.45) is -0.802. The van der Waals surface area contributed by atoms with Gasteiger partial charge in [-0.2, -0.15) is 0 Å². The first-order valence-corrected chi connectivity index (χ1v) is 9.15. The number of aromatic hydroxyl groups is 1. The molecule has 158 valence electrons. The smallest absolute Gasteiger partial charge is 0.344 e. The van der Waals surface area contributed by atoms with E-state index in [1.54, 1.807) is 13.0 Å². The third kappa shape index (κ3) is 4.07. The van der Waals surface area contributed by atoms with E-state index in [-0.39, 0.29) is 24.2 Å². The Hall–Kier alpha value is -2.62. The Bertz CT molecular complexity index is 833. The van der Waals surface area contributed by atoms with Crippen LogP contribution in [-0.4, -0.2) is 65.4 Å². The van der Waals surface area contributed by atoms with Gasteiger partial charge in [-0.15, -0.1) is 0 Å². The maximum absolute atomic E-state index is 12.7. The Kier molecular flexibility index (Phi) is 5.83. The highest BCUT2D eigenvalue weighted by atomic mass is 16.6. The molecule has 0 amide bonds. The number of epoxide rings is 1. The Morgan fingerprint density at radius 3 is 2.69 bits per heavy atom. The third-order valence-electron chi connectivity index (χ3n) is 5.07. The number of benzene rings is 1. The van der Waals surface area contributed by atoms with Gasteiger partial charge in [0.05, 0.1) is 26.4 Å². The highest BCUT2D eigenvalue weighted by Crippen LogP contribution is 2.47. The summed E-state index contributed by atoms with van der Waals surface area (Å²) >= 11 is 0. The van der Waals surface area contributed by atoms with Crippen molar-refractivity contribution in [3.8, 4) is 11.5 Å². The predicted molar refractivity (Wildman–Crippen MR) is 98.5 cm³/mol. The lowest BCUT2D eigenvalue weighted by molar-refractivity contribution is -0.167. The van der Waals surface area contributed by atoms with Gasteiger partial charge in [-0.3, -0.25) is 0 Å². The second-order valence-corrected chi connectivity index (χ2v) is 7.13. The number of methoxy groups -OCH3 is 2. The van der Waals surface area contributed by atoms with Gasteiger partial charge in [0, 0.05) is 24.5 Å². The van der Waals surface area contributed by atoms with Crippen molar-refractivity contribution >= 4 is 11.9 Å². The van der Waals surface area contributed by atoms with Crippen LogP contribution in [0.2, 0.25) is 0 Å². The van der Waals surface area contributed by atoms with Crippen LogP contribution < -0.4 is 4.74 Å². The number of esters is 2. The van der Waals surface area contributed by atoms with E-state index in [2.05, 4.69) is 4.74 Å². The van der Waals surface area contributed by atoms with E-state index >= 15 is 0 Å². The van der Waals surface area contributed by atoms with Gasteiger partial charge in [-0.1, -0.05) is 6.08 Å². The standard InChI is InChI=1S/C20H24O9/c1-10-5-4-6-20(25,19(24)27-3)15(22)9-14-17(29-14)12-7-11(26-2)8-13(21)16(12)18(23)28-10/h4,6-8,10,14-15,17,21-22,25H,5,9H2,1-3H3/b6-4+/t10-,14+,15-,17+,20+/m0/s1. The molecule has 9 nitrogen and oxygen atoms in total. The lowest BCUT2D eigenvalue weighted by atomic mass is 9.90. The van der Waals surface area contributed by atoms with Gasteiger partial charge in [-0.05, 0) is 19.1 Å². The zero-order valence-corrected chi connectivity index (χ0v) is 16.3. The first kappa shape index (κ1) is 21.1. The average molecular weight is 408 g/mol. The minimum atomic E-state index is -2.28. The summed E-state index contributed by atoms with van der Waals surface area (Å²) in [5, 5.41) is 31.6. The number of aliphatic hydroxyl groups excluding tert-OH is 1. The van der Waals surface area contributed by atoms with Crippen molar-refractivity contribution in [2.24, 2.45) is 0 Å². The van der Waals surface area contributed by atoms with Crippen LogP contribution in [0.5, 0.6) is 11.5 Å². The number of cyclic esters (lactones) is 1. The second-order valence-electron chi connectivity index (χ2n) is 7.13. The number of hydrogen-bond donors (Lipinski definition) is 3. The lowest BCUT2D eigenvalue weighted by Crippen LogP contribution is -2.49. The normalized spacial score (nSPS) is 32.9. The van der Waals surface area contributed by atoms with Crippen molar-refractivity contribution in [1.82, 2.24) is 0 Å². The predicted octanol–water partition coefficient (Wildman–Crippen LogP) is 1.00. The van der Waals surface area contributed by atoms with Crippen molar-refractivity contribution < 1.29 is 43.9 Å². The molecule has 1 fully saturated rings. The van der Waals surface area contributed by atoms with Crippen molar-refractivity contribution in [2.75, 3.05) is 14.2 Å². The molecule has 29 heavy (non-hydrogen) atoms. The number of carbonyl (C=O) groups is 2. The van der Waals surface area contributed by atoms with Crippen molar-refractivity contribution in [3.05, 3.63) is 35.4 Å². The Balaban J connectivity index is 2.02. The van der Waals surface area contributed by atoms with Crippen LogP contribution in [0, 0.1) is 0 Å². The van der Waals surface area contributed by atoms with Gasteiger partial charge >= 0.3 is 11.9 Å². The Morgan fingerprint density at radius 2 is 2.03 bits per heavy atom. The number of ether oxygens (including phenoxy) is 4. The topological polar surface area (TPSA) is 135 Å². The number of hydrogen-bond acceptors (Lipinski definition) is 9. The summed E-state index contributed by atoms with van der Waals surface area (Å²) in [5.74, 6) is -1.76. The molecule has 1 aromatic carbocycles. The van der Waals surface area contributed by atoms with E-state index in [1.807, 2.05) is 0 Å². The van der Waals surface area contributed by atoms with Crippen LogP contribution in [0.3, 0.4) is 0 Å². The molecule has 3 rings (SSSR count). The molecule has 2 heterocycles. The largest absolute Gasteiger partial charge is 0.507 e. The van der Waals surface area contributed by atoms with Gasteiger partial charge in [0.2, 0.25) is 5.60 Å². The molecule has 0 saturated carbocycles. The fourth-order valence-electron chi connectivity index (χ4n) is 3.39. The molecule has 2 aliphatic rings. The summed E-state index contributed by atoms with van der Waals surface area (Å²) < 4.78 is 20.7. The summed E-state index contributed by atoms with van der Waals surface area (Å²) in [6, 6.07) is 2.84. The zero-order valence-electron chi connectivity index (χ0n) is 16.3. The lowest BCUT2D eigenvalue weighted by Gasteiger charge is -2.27. The van der Waals surface area contributed by atoms with Gasteiger partial charge in [0.1, 0.15) is 29.3 Å². The highest BCUT2D eigenvalue weighted by Gasteiger charge is 2.50. The van der Waals surface area contributed by atoms with Gasteiger partial charge in [0.15, 0.2) is 0 Å². The molecule has 0 radical (unpaired) electrons. The van der Waals surface area contributed by atoms with Crippen molar-refractivity contribution in [2.45, 2.75) is 49.8 Å².